The van der Waals surface area contributed by atoms with Crippen molar-refractivity contribution in [1.82, 2.24) is 0 Å². The first-order valence-corrected chi connectivity index (χ1v) is 8.38. The molecule has 0 bridgehead atoms. The molecule has 2 rings (SSSR count). The van der Waals surface area contributed by atoms with E-state index in [4.69, 9.17) is 14.2 Å². The van der Waals surface area contributed by atoms with Crippen molar-refractivity contribution in [2.24, 2.45) is 0 Å². The quantitative estimate of drug-likeness (QED) is 0.735. The first-order valence-electron chi connectivity index (χ1n) is 8.38. The maximum atomic E-state index is 12.1. The van der Waals surface area contributed by atoms with E-state index in [-0.39, 0.29) is 6.61 Å². The van der Waals surface area contributed by atoms with Gasteiger partial charge in [0.05, 0.1) is 7.11 Å². The molecule has 0 radical (unpaired) electrons. The van der Waals surface area contributed by atoms with Crippen LogP contribution in [0.1, 0.15) is 19.4 Å². The minimum atomic E-state index is -0.936. The lowest BCUT2D eigenvalue weighted by Crippen LogP contribution is -2.31. The van der Waals surface area contributed by atoms with Crippen molar-refractivity contribution < 1.29 is 23.8 Å². The third-order valence-corrected chi connectivity index (χ3v) is 3.73. The van der Waals surface area contributed by atoms with Crippen LogP contribution < -0.4 is 14.8 Å². The van der Waals surface area contributed by atoms with Gasteiger partial charge in [0.1, 0.15) is 11.5 Å². The predicted octanol–water partition coefficient (Wildman–Crippen LogP) is 3.21. The Labute approximate surface area is 153 Å². The van der Waals surface area contributed by atoms with Crippen LogP contribution in [0.15, 0.2) is 48.5 Å². The van der Waals surface area contributed by atoms with Crippen molar-refractivity contribution in [3.63, 3.8) is 0 Å². The highest BCUT2D eigenvalue weighted by Crippen LogP contribution is 2.18. The van der Waals surface area contributed by atoms with Crippen LogP contribution in [0.3, 0.4) is 0 Å². The van der Waals surface area contributed by atoms with E-state index < -0.39 is 18.0 Å². The van der Waals surface area contributed by atoms with Gasteiger partial charge in [-0.15, -0.1) is 0 Å². The van der Waals surface area contributed by atoms with Gasteiger partial charge in [0, 0.05) is 5.69 Å². The molecule has 0 spiro atoms. The predicted molar refractivity (Wildman–Crippen MR) is 98.5 cm³/mol. The molecule has 1 atom stereocenters. The van der Waals surface area contributed by atoms with Crippen LogP contribution in [0, 0.1) is 0 Å². The Kier molecular flexibility index (Phi) is 7.02. The van der Waals surface area contributed by atoms with E-state index in [0.717, 1.165) is 12.0 Å². The van der Waals surface area contributed by atoms with Crippen LogP contribution in [-0.4, -0.2) is 31.7 Å². The highest BCUT2D eigenvalue weighted by atomic mass is 16.6. The van der Waals surface area contributed by atoms with E-state index in [2.05, 4.69) is 5.32 Å². The van der Waals surface area contributed by atoms with E-state index >= 15 is 0 Å². The summed E-state index contributed by atoms with van der Waals surface area (Å²) in [5, 5.41) is 2.68. The number of benzene rings is 2. The van der Waals surface area contributed by atoms with Gasteiger partial charge < -0.3 is 19.5 Å². The summed E-state index contributed by atoms with van der Waals surface area (Å²) in [5.41, 5.74) is 1.59. The lowest BCUT2D eigenvalue weighted by atomic mass is 10.1. The number of para-hydroxylation sites is 1. The first-order chi connectivity index (χ1) is 12.5. The summed E-state index contributed by atoms with van der Waals surface area (Å²) >= 11 is 0. The number of nitrogens with one attached hydrogen (secondary N) is 1. The number of esters is 1. The van der Waals surface area contributed by atoms with Gasteiger partial charge in [-0.25, -0.2) is 4.79 Å². The van der Waals surface area contributed by atoms with Gasteiger partial charge in [-0.3, -0.25) is 4.79 Å². The number of carbonyl (C=O) groups excluding carboxylic acids is 2. The molecule has 0 aromatic heterocycles. The number of amides is 1. The van der Waals surface area contributed by atoms with Crippen molar-refractivity contribution in [3.05, 3.63) is 54.1 Å². The van der Waals surface area contributed by atoms with Gasteiger partial charge in [0.25, 0.3) is 5.91 Å². The molecular weight excluding hydrogens is 334 g/mol. The molecule has 1 unspecified atom stereocenters. The number of anilines is 1. The number of methoxy groups -OCH3 is 1. The third-order valence-electron chi connectivity index (χ3n) is 3.73. The Morgan fingerprint density at radius 3 is 2.42 bits per heavy atom. The molecule has 0 heterocycles. The molecule has 0 fully saturated rings. The number of rotatable bonds is 8. The van der Waals surface area contributed by atoms with E-state index in [1.54, 1.807) is 37.4 Å². The molecule has 6 heteroatoms. The second-order valence-electron chi connectivity index (χ2n) is 5.60. The second-order valence-corrected chi connectivity index (χ2v) is 5.60. The Hall–Kier alpha value is -3.02. The van der Waals surface area contributed by atoms with Gasteiger partial charge in [-0.1, -0.05) is 25.1 Å². The molecule has 2 aromatic rings. The summed E-state index contributed by atoms with van der Waals surface area (Å²) < 4.78 is 15.7. The van der Waals surface area contributed by atoms with Gasteiger partial charge in [0.15, 0.2) is 12.7 Å². The minimum absolute atomic E-state index is 0.253. The van der Waals surface area contributed by atoms with Crippen molar-refractivity contribution in [3.8, 4) is 11.5 Å². The Balaban J connectivity index is 1.82. The lowest BCUT2D eigenvalue weighted by molar-refractivity contribution is -0.155. The average Bonchev–Trinajstić information content (AvgIpc) is 2.67. The van der Waals surface area contributed by atoms with E-state index in [9.17, 15) is 9.59 Å². The van der Waals surface area contributed by atoms with Crippen LogP contribution in [0.25, 0.3) is 0 Å². The second kappa shape index (κ2) is 9.46. The Morgan fingerprint density at radius 1 is 1.08 bits per heavy atom. The van der Waals surface area contributed by atoms with Crippen molar-refractivity contribution in [2.45, 2.75) is 26.4 Å². The molecule has 0 aliphatic heterocycles. The monoisotopic (exact) mass is 357 g/mol. The number of hydrogen-bond acceptors (Lipinski definition) is 5. The molecule has 1 N–H and O–H groups in total. The zero-order valence-corrected chi connectivity index (χ0v) is 15.2. The van der Waals surface area contributed by atoms with Crippen molar-refractivity contribution in [2.75, 3.05) is 19.0 Å². The van der Waals surface area contributed by atoms with Gasteiger partial charge in [0.2, 0.25) is 0 Å². The average molecular weight is 357 g/mol. The molecular formula is C20H23NO5. The maximum absolute atomic E-state index is 12.1. The molecule has 26 heavy (non-hydrogen) atoms. The molecule has 0 saturated heterocycles. The van der Waals surface area contributed by atoms with E-state index in [1.807, 2.05) is 25.1 Å². The van der Waals surface area contributed by atoms with E-state index in [0.29, 0.717) is 17.2 Å². The molecule has 2 aromatic carbocycles. The van der Waals surface area contributed by atoms with Crippen LogP contribution in [0.4, 0.5) is 5.69 Å². The van der Waals surface area contributed by atoms with Crippen molar-refractivity contribution >= 4 is 17.6 Å². The summed E-state index contributed by atoms with van der Waals surface area (Å²) in [6.45, 7) is 3.26. The highest BCUT2D eigenvalue weighted by molar-refractivity contribution is 5.95. The smallest absolute Gasteiger partial charge is 0.344 e. The SMILES string of the molecule is CCc1ccccc1OCC(=O)OC(C)C(=O)Nc1ccc(OC)cc1. The molecule has 1 amide bonds. The fraction of sp³-hybridized carbons (Fsp3) is 0.300. The van der Waals surface area contributed by atoms with Crippen LogP contribution in [0.2, 0.25) is 0 Å². The fourth-order valence-electron chi connectivity index (χ4n) is 2.28. The van der Waals surface area contributed by atoms with Crippen LogP contribution in [0.5, 0.6) is 11.5 Å². The van der Waals surface area contributed by atoms with Gasteiger partial charge >= 0.3 is 5.97 Å². The number of aryl methyl sites for hydroxylation is 1. The first kappa shape index (κ1) is 19.3. The van der Waals surface area contributed by atoms with E-state index in [1.165, 1.54) is 6.92 Å². The fourth-order valence-corrected chi connectivity index (χ4v) is 2.28. The summed E-state index contributed by atoms with van der Waals surface area (Å²) in [6, 6.07) is 14.3. The summed E-state index contributed by atoms with van der Waals surface area (Å²) in [4.78, 5) is 24.0. The third kappa shape index (κ3) is 5.51. The number of ether oxygens (including phenoxy) is 3. The number of carbonyl (C=O) groups is 2. The molecule has 138 valence electrons. The molecule has 6 nitrogen and oxygen atoms in total. The van der Waals surface area contributed by atoms with Crippen molar-refractivity contribution in [1.29, 1.82) is 0 Å². The topological polar surface area (TPSA) is 73.9 Å². The molecule has 0 aliphatic rings. The van der Waals surface area contributed by atoms with Crippen LogP contribution >= 0.6 is 0 Å². The zero-order chi connectivity index (χ0) is 18.9. The standard InChI is InChI=1S/C20H23NO5/c1-4-15-7-5-6-8-18(15)25-13-19(22)26-14(2)20(23)21-16-9-11-17(24-3)12-10-16/h5-12,14H,4,13H2,1-3H3,(H,21,23). The summed E-state index contributed by atoms with van der Waals surface area (Å²) in [7, 11) is 1.57. The number of hydrogen-bond donors (Lipinski definition) is 1. The highest BCUT2D eigenvalue weighted by Gasteiger charge is 2.18. The largest absolute Gasteiger partial charge is 0.497 e. The lowest BCUT2D eigenvalue weighted by Gasteiger charge is -2.15. The summed E-state index contributed by atoms with van der Waals surface area (Å²) in [5.74, 6) is 0.306. The zero-order valence-electron chi connectivity index (χ0n) is 15.2. The Bertz CT molecular complexity index is 742. The Morgan fingerprint density at radius 2 is 1.77 bits per heavy atom. The van der Waals surface area contributed by atoms with Gasteiger partial charge in [-0.2, -0.15) is 0 Å². The maximum Gasteiger partial charge on any atom is 0.344 e. The van der Waals surface area contributed by atoms with Gasteiger partial charge in [-0.05, 0) is 49.2 Å². The summed E-state index contributed by atoms with van der Waals surface area (Å²) in [6.07, 6.45) is -0.138. The normalized spacial score (nSPS) is 11.3. The molecule has 0 saturated carbocycles. The molecule has 0 aliphatic carbocycles. The minimum Gasteiger partial charge on any atom is -0.497 e. The van der Waals surface area contributed by atoms with Crippen LogP contribution in [-0.2, 0) is 20.7 Å².